The molecule has 0 aliphatic heterocycles. The molecule has 38 heavy (non-hydrogen) atoms. The van der Waals surface area contributed by atoms with Crippen LogP contribution in [-0.4, -0.2) is 20.4 Å². The van der Waals surface area contributed by atoms with Crippen LogP contribution in [0, 0.1) is 13.8 Å². The molecule has 0 unspecified atom stereocenters. The number of rotatable bonds is 0. The number of phenols is 4. The normalized spacial score (nSPS) is 12.3. The lowest BCUT2D eigenvalue weighted by atomic mass is 9.82. The van der Waals surface area contributed by atoms with Gasteiger partial charge >= 0.3 is 0 Å². The molecule has 0 heterocycles. The van der Waals surface area contributed by atoms with Crippen molar-refractivity contribution in [2.75, 3.05) is 0 Å². The number of phenolic OH excluding ortho intramolecular Hbond substituents is 4. The second-order valence-electron chi connectivity index (χ2n) is 9.86. The first-order chi connectivity index (χ1) is 18.0. The fraction of sp³-hybridized carbons (Fsp3) is 0.0667. The predicted octanol–water partition coefficient (Wildman–Crippen LogP) is 3.79. The van der Waals surface area contributed by atoms with E-state index in [4.69, 9.17) is 0 Å². The molecule has 186 valence electrons. The smallest absolute Gasteiger partial charge is 0.186 e. The first-order valence-corrected chi connectivity index (χ1v) is 11.7. The highest BCUT2D eigenvalue weighted by Gasteiger charge is 2.27. The van der Waals surface area contributed by atoms with Crippen LogP contribution in [0.4, 0.5) is 0 Å². The molecule has 7 rings (SSSR count). The lowest BCUT2D eigenvalue weighted by Gasteiger charge is -2.26. The van der Waals surface area contributed by atoms with Gasteiger partial charge < -0.3 is 30.6 Å². The maximum absolute atomic E-state index is 13.7. The van der Waals surface area contributed by atoms with E-state index in [0.717, 1.165) is 12.1 Å². The van der Waals surface area contributed by atoms with Crippen molar-refractivity contribution in [1.82, 2.24) is 0 Å². The van der Waals surface area contributed by atoms with Gasteiger partial charge in [0.1, 0.15) is 23.0 Å². The third-order valence-corrected chi connectivity index (χ3v) is 7.51. The first-order valence-electron chi connectivity index (χ1n) is 11.7. The standard InChI is InChI=1S/C30H18O8/c1-9-3-11-19(13(31)5-9)29(37)25-17(35)7-15(33)23-24-16(34)8-18(36)26-28(24)22(21(11)27(23)25)12-4-10(2)6-14(32)20(12)30(26)38/h3-8,33-38H,1-2H3/p-2. The topological polar surface area (TPSA) is 161 Å². The fourth-order valence-corrected chi connectivity index (χ4v) is 6.18. The summed E-state index contributed by atoms with van der Waals surface area (Å²) in [6.45, 7) is 3.34. The Balaban J connectivity index is 2.10. The largest absolute Gasteiger partial charge is 0.871 e. The molecule has 0 saturated carbocycles. The van der Waals surface area contributed by atoms with Gasteiger partial charge in [-0.05, 0) is 58.7 Å². The Morgan fingerprint density at radius 3 is 1.16 bits per heavy atom. The Morgan fingerprint density at radius 2 is 0.789 bits per heavy atom. The SMILES string of the molecule is Cc1cc(=O)c2c([O-])c3c(O)cc(O)c4c5c(O)cc(O)c6c([O-])c7c(=O)cc(C)cc7c(c65)c(c2c1)c34. The zero-order valence-corrected chi connectivity index (χ0v) is 19.9. The fourth-order valence-electron chi connectivity index (χ4n) is 6.18. The molecule has 0 radical (unpaired) electrons. The number of hydrogen-bond acceptors (Lipinski definition) is 8. The third kappa shape index (κ3) is 2.39. The highest BCUT2D eigenvalue weighted by Crippen LogP contribution is 2.56. The molecule has 0 spiro atoms. The summed E-state index contributed by atoms with van der Waals surface area (Å²) >= 11 is 0. The van der Waals surface area contributed by atoms with Crippen LogP contribution in [0.3, 0.4) is 0 Å². The van der Waals surface area contributed by atoms with Gasteiger partial charge in [0.15, 0.2) is 10.9 Å². The maximum Gasteiger partial charge on any atom is 0.186 e. The molecule has 7 aromatic carbocycles. The van der Waals surface area contributed by atoms with Gasteiger partial charge in [0, 0.05) is 55.2 Å². The average molecular weight is 504 g/mol. The van der Waals surface area contributed by atoms with Crippen LogP contribution in [0.25, 0.3) is 64.6 Å². The van der Waals surface area contributed by atoms with Gasteiger partial charge in [-0.2, -0.15) is 0 Å². The van der Waals surface area contributed by atoms with E-state index >= 15 is 0 Å². The van der Waals surface area contributed by atoms with Gasteiger partial charge in [0.2, 0.25) is 0 Å². The van der Waals surface area contributed by atoms with Crippen molar-refractivity contribution in [2.45, 2.75) is 13.8 Å². The van der Waals surface area contributed by atoms with Crippen molar-refractivity contribution in [3.63, 3.8) is 0 Å². The lowest BCUT2D eigenvalue weighted by molar-refractivity contribution is -0.264. The number of hydrogen-bond donors (Lipinski definition) is 4. The van der Waals surface area contributed by atoms with Crippen LogP contribution in [0.15, 0.2) is 46.0 Å². The quantitative estimate of drug-likeness (QED) is 0.179. The van der Waals surface area contributed by atoms with E-state index in [1.165, 1.54) is 12.1 Å². The second kappa shape index (κ2) is 6.74. The van der Waals surface area contributed by atoms with Gasteiger partial charge in [-0.1, -0.05) is 23.6 Å². The second-order valence-corrected chi connectivity index (χ2v) is 9.86. The predicted molar refractivity (Wildman–Crippen MR) is 141 cm³/mol. The molecule has 0 aliphatic carbocycles. The molecule has 0 aliphatic rings. The minimum atomic E-state index is -0.758. The van der Waals surface area contributed by atoms with Gasteiger partial charge in [-0.3, -0.25) is 9.59 Å². The summed E-state index contributed by atoms with van der Waals surface area (Å²) in [5.41, 5.74) is -0.0869. The molecule has 0 aromatic heterocycles. The molecule has 8 nitrogen and oxygen atoms in total. The van der Waals surface area contributed by atoms with Crippen LogP contribution in [-0.2, 0) is 0 Å². The molecule has 7 aromatic rings. The van der Waals surface area contributed by atoms with Crippen molar-refractivity contribution < 1.29 is 30.6 Å². The summed E-state index contributed by atoms with van der Waals surface area (Å²) in [5, 5.41) is 71.1. The highest BCUT2D eigenvalue weighted by molar-refractivity contribution is 6.46. The Hall–Kier alpha value is -5.24. The van der Waals surface area contributed by atoms with Gasteiger partial charge in [0.25, 0.3) is 0 Å². The third-order valence-electron chi connectivity index (χ3n) is 7.51. The minimum Gasteiger partial charge on any atom is -0.871 e. The summed E-state index contributed by atoms with van der Waals surface area (Å²) < 4.78 is 0. The van der Waals surface area contributed by atoms with Crippen LogP contribution in [0.5, 0.6) is 34.5 Å². The van der Waals surface area contributed by atoms with Crippen molar-refractivity contribution in [3.05, 3.63) is 68.0 Å². The van der Waals surface area contributed by atoms with Crippen LogP contribution >= 0.6 is 0 Å². The Labute approximate surface area is 211 Å². The molecule has 0 saturated heterocycles. The zero-order chi connectivity index (χ0) is 26.9. The molecule has 0 fully saturated rings. The van der Waals surface area contributed by atoms with E-state index in [-0.39, 0.29) is 64.6 Å². The molecule has 0 bridgehead atoms. The molecule has 0 atom stereocenters. The van der Waals surface area contributed by atoms with Gasteiger partial charge in [0.05, 0.1) is 0 Å². The van der Waals surface area contributed by atoms with Crippen molar-refractivity contribution in [3.8, 4) is 34.5 Å². The number of benzene rings is 7. The Morgan fingerprint density at radius 1 is 0.447 bits per heavy atom. The molecular formula is C30H16O8-2. The van der Waals surface area contributed by atoms with Crippen molar-refractivity contribution in [2.24, 2.45) is 0 Å². The highest BCUT2D eigenvalue weighted by atomic mass is 16.3. The van der Waals surface area contributed by atoms with Crippen molar-refractivity contribution in [1.29, 1.82) is 0 Å². The lowest BCUT2D eigenvalue weighted by Crippen LogP contribution is -2.08. The van der Waals surface area contributed by atoms with Gasteiger partial charge in [-0.25, -0.2) is 0 Å². The van der Waals surface area contributed by atoms with E-state index in [1.807, 2.05) is 0 Å². The van der Waals surface area contributed by atoms with E-state index in [2.05, 4.69) is 0 Å². The van der Waals surface area contributed by atoms with Crippen molar-refractivity contribution >= 4 is 64.6 Å². The first kappa shape index (κ1) is 22.0. The minimum absolute atomic E-state index is 0.0375. The Bertz CT molecular complexity index is 2190. The maximum atomic E-state index is 13.7. The summed E-state index contributed by atoms with van der Waals surface area (Å²) in [6, 6.07) is 7.70. The van der Waals surface area contributed by atoms with E-state index in [0.29, 0.717) is 11.1 Å². The summed E-state index contributed by atoms with van der Waals surface area (Å²) in [4.78, 5) is 26.2. The monoisotopic (exact) mass is 504 g/mol. The average Bonchev–Trinajstić information content (AvgIpc) is 2.80. The van der Waals surface area contributed by atoms with E-state index in [9.17, 15) is 40.2 Å². The van der Waals surface area contributed by atoms with Gasteiger partial charge in [-0.15, -0.1) is 0 Å². The van der Waals surface area contributed by atoms with Crippen LogP contribution in [0.2, 0.25) is 0 Å². The number of aryl methyl sites for hydroxylation is 2. The van der Waals surface area contributed by atoms with E-state index in [1.54, 1.807) is 26.0 Å². The summed E-state index contributed by atoms with van der Waals surface area (Å²) in [5.74, 6) is -3.63. The molecule has 4 N–H and O–H groups in total. The molecule has 0 amide bonds. The van der Waals surface area contributed by atoms with Crippen LogP contribution < -0.4 is 21.1 Å². The Kier molecular flexibility index (Phi) is 3.90. The number of aromatic hydroxyl groups is 4. The summed E-state index contributed by atoms with van der Waals surface area (Å²) in [6.07, 6.45) is 0. The van der Waals surface area contributed by atoms with E-state index < -0.39 is 45.4 Å². The molecule has 8 heteroatoms. The summed E-state index contributed by atoms with van der Waals surface area (Å²) in [7, 11) is 0. The number of fused-ring (bicyclic) bond motifs is 6. The molecular weight excluding hydrogens is 488 g/mol. The van der Waals surface area contributed by atoms with Crippen LogP contribution in [0.1, 0.15) is 11.1 Å². The zero-order valence-electron chi connectivity index (χ0n) is 19.9.